The van der Waals surface area contributed by atoms with E-state index in [2.05, 4.69) is 5.32 Å². The Labute approximate surface area is 102 Å². The van der Waals surface area contributed by atoms with Crippen LogP contribution in [0.1, 0.15) is 18.4 Å². The molecule has 94 valence electrons. The summed E-state index contributed by atoms with van der Waals surface area (Å²) in [7, 11) is 1.72. The number of methoxy groups -OCH3 is 1. The van der Waals surface area contributed by atoms with Crippen molar-refractivity contribution in [3.63, 3.8) is 0 Å². The van der Waals surface area contributed by atoms with Gasteiger partial charge in [-0.3, -0.25) is 0 Å². The molecule has 2 rings (SSSR count). The number of hydrogen-bond donors (Lipinski definition) is 1. The van der Waals surface area contributed by atoms with Crippen molar-refractivity contribution in [2.24, 2.45) is 5.41 Å². The van der Waals surface area contributed by atoms with Gasteiger partial charge in [0, 0.05) is 19.1 Å². The van der Waals surface area contributed by atoms with Gasteiger partial charge in [-0.25, -0.2) is 4.39 Å². The third-order valence-electron chi connectivity index (χ3n) is 3.53. The highest BCUT2D eigenvalue weighted by atomic mass is 19.1. The number of benzene rings is 1. The molecule has 0 spiro atoms. The molecule has 0 bridgehead atoms. The van der Waals surface area contributed by atoms with Gasteiger partial charge in [0.25, 0.3) is 0 Å². The third-order valence-corrected chi connectivity index (χ3v) is 3.53. The molecule has 0 aromatic heterocycles. The van der Waals surface area contributed by atoms with Crippen LogP contribution in [0.25, 0.3) is 0 Å². The van der Waals surface area contributed by atoms with Gasteiger partial charge in [0.15, 0.2) is 0 Å². The molecule has 1 atom stereocenters. The predicted molar refractivity (Wildman–Crippen MR) is 66.5 cm³/mol. The number of piperidine rings is 1. The average molecular weight is 237 g/mol. The quantitative estimate of drug-likeness (QED) is 0.868. The van der Waals surface area contributed by atoms with Crippen LogP contribution < -0.4 is 5.32 Å². The summed E-state index contributed by atoms with van der Waals surface area (Å²) in [4.78, 5) is 0. The van der Waals surface area contributed by atoms with Crippen molar-refractivity contribution >= 4 is 0 Å². The monoisotopic (exact) mass is 237 g/mol. The molecule has 0 saturated carbocycles. The molecule has 1 unspecified atom stereocenters. The first-order valence-corrected chi connectivity index (χ1v) is 6.19. The summed E-state index contributed by atoms with van der Waals surface area (Å²) >= 11 is 0. The van der Waals surface area contributed by atoms with Gasteiger partial charge >= 0.3 is 0 Å². The highest BCUT2D eigenvalue weighted by molar-refractivity contribution is 5.19. The van der Waals surface area contributed by atoms with Crippen LogP contribution in [0, 0.1) is 11.2 Å². The third kappa shape index (κ3) is 3.05. The molecule has 1 N–H and O–H groups in total. The topological polar surface area (TPSA) is 21.3 Å². The summed E-state index contributed by atoms with van der Waals surface area (Å²) in [5, 5.41) is 3.40. The SMILES string of the molecule is COCC1(Cc2ccccc2F)CCCNC1. The van der Waals surface area contributed by atoms with Gasteiger partial charge in [0.2, 0.25) is 0 Å². The summed E-state index contributed by atoms with van der Waals surface area (Å²) in [5.74, 6) is -0.103. The number of hydrogen-bond acceptors (Lipinski definition) is 2. The Bertz CT molecular complexity index is 355. The maximum atomic E-state index is 13.7. The van der Waals surface area contributed by atoms with E-state index in [0.717, 1.165) is 37.9 Å². The van der Waals surface area contributed by atoms with Crippen molar-refractivity contribution in [3.8, 4) is 0 Å². The number of halogens is 1. The molecule has 3 heteroatoms. The maximum absolute atomic E-state index is 13.7. The first kappa shape index (κ1) is 12.5. The molecule has 2 nitrogen and oxygen atoms in total. The van der Waals surface area contributed by atoms with Gasteiger partial charge in [-0.1, -0.05) is 18.2 Å². The van der Waals surface area contributed by atoms with E-state index in [0.29, 0.717) is 6.61 Å². The summed E-state index contributed by atoms with van der Waals surface area (Å²) in [6.07, 6.45) is 2.99. The minimum Gasteiger partial charge on any atom is -0.384 e. The highest BCUT2D eigenvalue weighted by Gasteiger charge is 2.32. The fourth-order valence-electron chi connectivity index (χ4n) is 2.71. The molecular formula is C14H20FNO. The second-order valence-electron chi connectivity index (χ2n) is 4.98. The minimum absolute atomic E-state index is 0.0508. The Balaban J connectivity index is 2.14. The van der Waals surface area contributed by atoms with Gasteiger partial charge in [0.05, 0.1) is 6.61 Å². The molecule has 17 heavy (non-hydrogen) atoms. The molecule has 1 heterocycles. The van der Waals surface area contributed by atoms with Crippen molar-refractivity contribution in [1.82, 2.24) is 5.32 Å². The van der Waals surface area contributed by atoms with E-state index >= 15 is 0 Å². The van der Waals surface area contributed by atoms with Gasteiger partial charge in [-0.05, 0) is 37.4 Å². The lowest BCUT2D eigenvalue weighted by Gasteiger charge is -2.37. The van der Waals surface area contributed by atoms with Crippen LogP contribution in [0.15, 0.2) is 24.3 Å². The first-order chi connectivity index (χ1) is 8.26. The van der Waals surface area contributed by atoms with Gasteiger partial charge in [-0.15, -0.1) is 0 Å². The lowest BCUT2D eigenvalue weighted by Crippen LogP contribution is -2.44. The van der Waals surface area contributed by atoms with Crippen LogP contribution >= 0.6 is 0 Å². The average Bonchev–Trinajstić information content (AvgIpc) is 2.34. The molecular weight excluding hydrogens is 217 g/mol. The lowest BCUT2D eigenvalue weighted by atomic mass is 9.76. The van der Waals surface area contributed by atoms with Crippen molar-refractivity contribution in [2.45, 2.75) is 19.3 Å². The lowest BCUT2D eigenvalue weighted by molar-refractivity contribution is 0.0580. The zero-order chi connectivity index (χ0) is 12.1. The molecule has 1 aliphatic heterocycles. The fourth-order valence-corrected chi connectivity index (χ4v) is 2.71. The van der Waals surface area contributed by atoms with Crippen molar-refractivity contribution in [3.05, 3.63) is 35.6 Å². The Morgan fingerprint density at radius 2 is 2.24 bits per heavy atom. The van der Waals surface area contributed by atoms with E-state index in [1.165, 1.54) is 6.07 Å². The second kappa shape index (κ2) is 5.61. The number of rotatable bonds is 4. The second-order valence-corrected chi connectivity index (χ2v) is 4.98. The Kier molecular flexibility index (Phi) is 4.13. The molecule has 1 aliphatic rings. The van der Waals surface area contributed by atoms with Crippen LogP contribution in [-0.2, 0) is 11.2 Å². The molecule has 1 aromatic rings. The van der Waals surface area contributed by atoms with E-state index in [4.69, 9.17) is 4.74 Å². The number of nitrogens with one attached hydrogen (secondary N) is 1. The molecule has 0 radical (unpaired) electrons. The molecule has 1 aromatic carbocycles. The van der Waals surface area contributed by atoms with Crippen LogP contribution in [0.2, 0.25) is 0 Å². The Hall–Kier alpha value is -0.930. The van der Waals surface area contributed by atoms with Gasteiger partial charge in [0.1, 0.15) is 5.82 Å². The van der Waals surface area contributed by atoms with Crippen LogP contribution in [-0.4, -0.2) is 26.8 Å². The molecule has 0 aliphatic carbocycles. The zero-order valence-corrected chi connectivity index (χ0v) is 10.3. The van der Waals surface area contributed by atoms with Crippen LogP contribution in [0.3, 0.4) is 0 Å². The van der Waals surface area contributed by atoms with Gasteiger partial charge in [-0.2, -0.15) is 0 Å². The normalized spacial score (nSPS) is 24.8. The fraction of sp³-hybridized carbons (Fsp3) is 0.571. The Morgan fingerprint density at radius 3 is 2.88 bits per heavy atom. The number of ether oxygens (including phenoxy) is 1. The van der Waals surface area contributed by atoms with E-state index in [1.807, 2.05) is 12.1 Å². The minimum atomic E-state index is -0.103. The van der Waals surface area contributed by atoms with E-state index in [9.17, 15) is 4.39 Å². The molecule has 1 fully saturated rings. The van der Waals surface area contributed by atoms with Crippen molar-refractivity contribution < 1.29 is 9.13 Å². The Morgan fingerprint density at radius 1 is 1.41 bits per heavy atom. The predicted octanol–water partition coefficient (Wildman–Crippen LogP) is 2.38. The van der Waals surface area contributed by atoms with Crippen LogP contribution in [0.5, 0.6) is 0 Å². The standard InChI is InChI=1S/C14H20FNO/c1-17-11-14(7-4-8-16-10-14)9-12-5-2-3-6-13(12)15/h2-3,5-6,16H,4,7-11H2,1H3. The summed E-state index contributed by atoms with van der Waals surface area (Å²) < 4.78 is 19.0. The largest absolute Gasteiger partial charge is 0.384 e. The summed E-state index contributed by atoms with van der Waals surface area (Å²) in [6.45, 7) is 2.66. The maximum Gasteiger partial charge on any atom is 0.126 e. The van der Waals surface area contributed by atoms with Crippen LogP contribution in [0.4, 0.5) is 4.39 Å². The zero-order valence-electron chi connectivity index (χ0n) is 10.3. The van der Waals surface area contributed by atoms with Gasteiger partial charge < -0.3 is 10.1 Å². The molecule has 0 amide bonds. The highest BCUT2D eigenvalue weighted by Crippen LogP contribution is 2.31. The van der Waals surface area contributed by atoms with E-state index in [-0.39, 0.29) is 11.2 Å². The first-order valence-electron chi connectivity index (χ1n) is 6.19. The van der Waals surface area contributed by atoms with Crippen molar-refractivity contribution in [2.75, 3.05) is 26.8 Å². The van der Waals surface area contributed by atoms with E-state index < -0.39 is 0 Å². The summed E-state index contributed by atoms with van der Waals surface area (Å²) in [6, 6.07) is 7.05. The van der Waals surface area contributed by atoms with E-state index in [1.54, 1.807) is 13.2 Å². The van der Waals surface area contributed by atoms with Crippen molar-refractivity contribution in [1.29, 1.82) is 0 Å². The molecule has 1 saturated heterocycles. The summed E-state index contributed by atoms with van der Waals surface area (Å²) in [5.41, 5.74) is 0.850. The smallest absolute Gasteiger partial charge is 0.126 e.